The summed E-state index contributed by atoms with van der Waals surface area (Å²) in [7, 11) is 2.07. The molecular weight excluding hydrogens is 589 g/mol. The van der Waals surface area contributed by atoms with Crippen LogP contribution in [0.15, 0.2) is 65.6 Å². The lowest BCUT2D eigenvalue weighted by Crippen LogP contribution is -2.34. The van der Waals surface area contributed by atoms with Gasteiger partial charge in [-0.25, -0.2) is 4.39 Å². The summed E-state index contributed by atoms with van der Waals surface area (Å²) in [6.45, 7) is 1.63. The summed E-state index contributed by atoms with van der Waals surface area (Å²) in [6, 6.07) is 16.3. The number of nitrogen functional groups attached to an aromatic ring is 1. The van der Waals surface area contributed by atoms with Gasteiger partial charge >= 0.3 is 0 Å². The van der Waals surface area contributed by atoms with E-state index >= 15 is 4.39 Å². The van der Waals surface area contributed by atoms with Gasteiger partial charge in [0.15, 0.2) is 28.8 Å². The molecule has 0 saturated carbocycles. The minimum Gasteiger partial charge on any atom is -0.504 e. The third kappa shape index (κ3) is 5.02. The lowest BCUT2D eigenvalue weighted by Gasteiger charge is -2.27. The third-order valence-corrected chi connectivity index (χ3v) is 9.11. The van der Waals surface area contributed by atoms with E-state index in [9.17, 15) is 19.8 Å². The van der Waals surface area contributed by atoms with Crippen molar-refractivity contribution in [3.05, 3.63) is 88.0 Å². The average molecular weight is 624 g/mol. The lowest BCUT2D eigenvalue weighted by molar-refractivity contribution is 0.0949. The second-order valence-electron chi connectivity index (χ2n) is 12.0. The number of nitrogens with zero attached hydrogens (tertiary/aromatic N) is 2. The average Bonchev–Trinajstić information content (AvgIpc) is 3.46. The van der Waals surface area contributed by atoms with Crippen molar-refractivity contribution in [1.29, 1.82) is 0 Å². The highest BCUT2D eigenvalue weighted by molar-refractivity contribution is 6.06. The molecule has 4 aromatic carbocycles. The van der Waals surface area contributed by atoms with E-state index in [1.165, 1.54) is 18.3 Å². The fourth-order valence-corrected chi connectivity index (χ4v) is 6.59. The highest BCUT2D eigenvalue weighted by Gasteiger charge is 2.31. The molecule has 2 aliphatic heterocycles. The van der Waals surface area contributed by atoms with Crippen molar-refractivity contribution in [3.63, 3.8) is 0 Å². The van der Waals surface area contributed by atoms with E-state index in [1.54, 1.807) is 10.6 Å². The Morgan fingerprint density at radius 3 is 2.61 bits per heavy atom. The summed E-state index contributed by atoms with van der Waals surface area (Å²) in [5.41, 5.74) is 6.64. The fraction of sp³-hybridized carbons (Fsp3) is 0.257. The molecule has 46 heavy (non-hydrogen) atoms. The summed E-state index contributed by atoms with van der Waals surface area (Å²) in [5.74, 6) is -1.41. The largest absolute Gasteiger partial charge is 0.504 e. The van der Waals surface area contributed by atoms with Gasteiger partial charge in [-0.2, -0.15) is 0 Å². The van der Waals surface area contributed by atoms with E-state index in [0.29, 0.717) is 36.0 Å². The third-order valence-electron chi connectivity index (χ3n) is 9.11. The van der Waals surface area contributed by atoms with E-state index in [2.05, 4.69) is 22.6 Å². The topological polar surface area (TPSA) is 142 Å². The quantitative estimate of drug-likeness (QED) is 0.114. The number of nitrogens with one attached hydrogen (secondary N) is 2. The molecule has 0 radical (unpaired) electrons. The van der Waals surface area contributed by atoms with Crippen LogP contribution in [-0.4, -0.2) is 58.3 Å². The Morgan fingerprint density at radius 1 is 1.09 bits per heavy atom. The van der Waals surface area contributed by atoms with Crippen molar-refractivity contribution in [2.24, 2.45) is 0 Å². The zero-order chi connectivity index (χ0) is 32.1. The lowest BCUT2D eigenvalue weighted by atomic mass is 10.0. The van der Waals surface area contributed by atoms with Gasteiger partial charge < -0.3 is 40.8 Å². The molecule has 1 fully saturated rings. The number of amides is 1. The van der Waals surface area contributed by atoms with Gasteiger partial charge in [0, 0.05) is 25.3 Å². The first-order chi connectivity index (χ1) is 22.2. The van der Waals surface area contributed by atoms with Gasteiger partial charge in [-0.15, -0.1) is 0 Å². The molecule has 1 aromatic heterocycles. The van der Waals surface area contributed by atoms with Crippen LogP contribution in [0, 0.1) is 5.82 Å². The Labute approximate surface area is 263 Å². The number of anilines is 2. The molecule has 6 N–H and O–H groups in total. The number of carbonyl (C=O) groups is 1. The van der Waals surface area contributed by atoms with Crippen molar-refractivity contribution in [2.75, 3.05) is 37.7 Å². The SMILES string of the molecule is CN1CCCC1CCNC(=O)c1cn2c3c(c(NCCc4ccc(O)c(O)c4)c(F)c(N)c3c1=O)Oc1cc3ccccc3cc1-2. The predicted octanol–water partition coefficient (Wildman–Crippen LogP) is 5.25. The van der Waals surface area contributed by atoms with Crippen LogP contribution in [0.1, 0.15) is 35.2 Å². The van der Waals surface area contributed by atoms with Crippen LogP contribution < -0.4 is 26.5 Å². The highest BCUT2D eigenvalue weighted by Crippen LogP contribution is 2.48. The maximum atomic E-state index is 16.1. The van der Waals surface area contributed by atoms with Crippen LogP contribution in [-0.2, 0) is 6.42 Å². The number of fused-ring (bicyclic) bond motifs is 3. The van der Waals surface area contributed by atoms with E-state index in [4.69, 9.17) is 10.5 Å². The molecule has 1 unspecified atom stereocenters. The van der Waals surface area contributed by atoms with Crippen LogP contribution in [0.25, 0.3) is 27.4 Å². The number of hydrogen-bond donors (Lipinski definition) is 5. The van der Waals surface area contributed by atoms with Crippen LogP contribution in [0.5, 0.6) is 23.0 Å². The molecule has 236 valence electrons. The Hall–Kier alpha value is -5.29. The number of halogens is 1. The summed E-state index contributed by atoms with van der Waals surface area (Å²) in [5, 5.41) is 27.1. The monoisotopic (exact) mass is 623 g/mol. The van der Waals surface area contributed by atoms with Crippen LogP contribution in [0.2, 0.25) is 0 Å². The van der Waals surface area contributed by atoms with Crippen molar-refractivity contribution in [1.82, 2.24) is 14.8 Å². The maximum absolute atomic E-state index is 16.1. The molecule has 3 heterocycles. The molecule has 5 aromatic rings. The highest BCUT2D eigenvalue weighted by atomic mass is 19.1. The summed E-state index contributed by atoms with van der Waals surface area (Å²) in [6.07, 6.45) is 4.79. The molecule has 0 aliphatic carbocycles. The van der Waals surface area contributed by atoms with Gasteiger partial charge in [0.2, 0.25) is 5.43 Å². The first kappa shape index (κ1) is 29.4. The number of carbonyl (C=O) groups excluding carboxylic acids is 1. The molecule has 0 spiro atoms. The zero-order valence-electron chi connectivity index (χ0n) is 25.3. The van der Waals surface area contributed by atoms with E-state index in [1.807, 2.05) is 36.4 Å². The van der Waals surface area contributed by atoms with E-state index < -0.39 is 22.8 Å². The molecule has 11 heteroatoms. The van der Waals surface area contributed by atoms with Gasteiger partial charge in [0.1, 0.15) is 16.8 Å². The summed E-state index contributed by atoms with van der Waals surface area (Å²) in [4.78, 5) is 29.7. The fourth-order valence-electron chi connectivity index (χ4n) is 6.59. The second-order valence-corrected chi connectivity index (χ2v) is 12.0. The molecular formula is C35H34FN5O5. The normalized spacial score (nSPS) is 15.6. The number of benzene rings is 4. The molecule has 10 nitrogen and oxygen atoms in total. The van der Waals surface area contributed by atoms with Gasteiger partial charge in [-0.1, -0.05) is 30.3 Å². The molecule has 7 rings (SSSR count). The molecule has 1 atom stereocenters. The number of phenols is 2. The van der Waals surface area contributed by atoms with Crippen LogP contribution in [0.4, 0.5) is 15.8 Å². The number of likely N-dealkylation sites (tertiary alicyclic amines) is 1. The minimum absolute atomic E-state index is 0.0298. The van der Waals surface area contributed by atoms with Crippen molar-refractivity contribution in [2.45, 2.75) is 31.7 Å². The number of hydrogen-bond acceptors (Lipinski definition) is 8. The van der Waals surface area contributed by atoms with Crippen molar-refractivity contribution < 1.29 is 24.1 Å². The number of ether oxygens (including phenoxy) is 1. The van der Waals surface area contributed by atoms with E-state index in [0.717, 1.165) is 36.6 Å². The summed E-state index contributed by atoms with van der Waals surface area (Å²) < 4.78 is 24.2. The maximum Gasteiger partial charge on any atom is 0.256 e. The standard InChI is InChI=1S/C35H34FN5O5/c1-40-14-4-7-22(40)11-13-39-35(45)23-18-41-24-16-20-5-2-3-6-21(20)17-27(24)46-34-31(29(36)30(37)28(32(34)41)33(23)44)38-12-10-19-8-9-25(42)26(43)15-19/h2-3,5-6,8-9,15-18,22,38,42-43H,4,7,10-14,37H2,1H3,(H,39,45). The number of phenolic OH excluding ortho intramolecular Hbond substituents is 2. The zero-order valence-corrected chi connectivity index (χ0v) is 25.3. The second kappa shape index (κ2) is 11.6. The first-order valence-corrected chi connectivity index (χ1v) is 15.4. The Bertz CT molecular complexity index is 2100. The van der Waals surface area contributed by atoms with Gasteiger partial charge in [0.25, 0.3) is 5.91 Å². The Kier molecular flexibility index (Phi) is 7.40. The Morgan fingerprint density at radius 2 is 1.87 bits per heavy atom. The van der Waals surface area contributed by atoms with Gasteiger partial charge in [-0.05, 0) is 79.9 Å². The van der Waals surface area contributed by atoms with Crippen molar-refractivity contribution >= 4 is 39.0 Å². The van der Waals surface area contributed by atoms with Crippen LogP contribution >= 0.6 is 0 Å². The van der Waals surface area contributed by atoms with Gasteiger partial charge in [0.05, 0.1) is 16.8 Å². The summed E-state index contributed by atoms with van der Waals surface area (Å²) >= 11 is 0. The number of pyridine rings is 1. The van der Waals surface area contributed by atoms with Crippen molar-refractivity contribution in [3.8, 4) is 28.7 Å². The molecule has 0 bridgehead atoms. The number of aromatic hydroxyl groups is 2. The minimum atomic E-state index is -0.870. The van der Waals surface area contributed by atoms with Crippen LogP contribution in [0.3, 0.4) is 0 Å². The smallest absolute Gasteiger partial charge is 0.256 e. The number of aromatic nitrogens is 1. The predicted molar refractivity (Wildman–Crippen MR) is 176 cm³/mol. The first-order valence-electron chi connectivity index (χ1n) is 15.4. The number of rotatable bonds is 8. The van der Waals surface area contributed by atoms with E-state index in [-0.39, 0.29) is 45.9 Å². The molecule has 1 saturated heterocycles. The Balaban J connectivity index is 1.32. The molecule has 2 aliphatic rings. The van der Waals surface area contributed by atoms with Gasteiger partial charge in [-0.3, -0.25) is 9.59 Å². The molecule has 1 amide bonds. The number of nitrogens with two attached hydrogens (primary N) is 1.